The lowest BCUT2D eigenvalue weighted by Crippen LogP contribution is -2.34. The number of fused-ring (bicyclic) bond motifs is 1. The molecule has 1 atom stereocenters. The molecule has 0 radical (unpaired) electrons. The van der Waals surface area contributed by atoms with Gasteiger partial charge in [0, 0.05) is 19.5 Å². The van der Waals surface area contributed by atoms with E-state index in [9.17, 15) is 9.59 Å². The van der Waals surface area contributed by atoms with Crippen LogP contribution in [0.4, 0.5) is 0 Å². The van der Waals surface area contributed by atoms with Crippen molar-refractivity contribution in [3.05, 3.63) is 59.1 Å². The molecule has 1 saturated heterocycles. The number of likely N-dealkylation sites (tertiary alicyclic amines) is 1. The lowest BCUT2D eigenvalue weighted by molar-refractivity contribution is -0.132. The minimum Gasteiger partial charge on any atom is -0.496 e. The molecule has 4 rings (SSSR count). The zero-order chi connectivity index (χ0) is 20.2. The Hall–Kier alpha value is -2.93. The van der Waals surface area contributed by atoms with E-state index in [0.29, 0.717) is 17.9 Å². The molecule has 1 N–H and O–H groups in total. The number of carbonyl (C=O) groups is 2. The summed E-state index contributed by atoms with van der Waals surface area (Å²) in [5.41, 5.74) is 1.45. The largest absolute Gasteiger partial charge is 0.496 e. The van der Waals surface area contributed by atoms with E-state index in [1.165, 1.54) is 7.11 Å². The van der Waals surface area contributed by atoms with E-state index >= 15 is 0 Å². The first-order valence-electron chi connectivity index (χ1n) is 9.73. The Balaban J connectivity index is 1.37. The van der Waals surface area contributed by atoms with Gasteiger partial charge in [0.05, 0.1) is 28.9 Å². The fourth-order valence-electron chi connectivity index (χ4n) is 3.71. The highest BCUT2D eigenvalue weighted by molar-refractivity contribution is 7.18. The van der Waals surface area contributed by atoms with Crippen LogP contribution in [0.5, 0.6) is 5.75 Å². The Bertz CT molecular complexity index is 1000. The molecule has 1 aliphatic heterocycles. The second-order valence-corrected chi connectivity index (χ2v) is 8.03. The number of ether oxygens (including phenoxy) is 1. The Morgan fingerprint density at radius 2 is 2.00 bits per heavy atom. The van der Waals surface area contributed by atoms with Crippen molar-refractivity contribution in [2.45, 2.75) is 25.3 Å². The Labute approximate surface area is 173 Å². The van der Waals surface area contributed by atoms with Crippen LogP contribution in [0.25, 0.3) is 10.2 Å². The summed E-state index contributed by atoms with van der Waals surface area (Å²) in [6.45, 7) is 1.03. The predicted octanol–water partition coefficient (Wildman–Crippen LogP) is 3.79. The highest BCUT2D eigenvalue weighted by Gasteiger charge is 2.31. The molecule has 0 spiro atoms. The molecular weight excluding hydrogens is 386 g/mol. The number of methoxy groups -OCH3 is 1. The van der Waals surface area contributed by atoms with Crippen molar-refractivity contribution in [2.75, 3.05) is 20.2 Å². The van der Waals surface area contributed by atoms with Gasteiger partial charge in [0.2, 0.25) is 5.91 Å². The van der Waals surface area contributed by atoms with Gasteiger partial charge in [-0.3, -0.25) is 9.59 Å². The van der Waals surface area contributed by atoms with E-state index < -0.39 is 0 Å². The molecule has 0 saturated carbocycles. The summed E-state index contributed by atoms with van der Waals surface area (Å²) in [5, 5.41) is 3.82. The quantitative estimate of drug-likeness (QED) is 0.672. The molecule has 0 bridgehead atoms. The van der Waals surface area contributed by atoms with Crippen molar-refractivity contribution < 1.29 is 14.3 Å². The minimum absolute atomic E-state index is 0.0322. The lowest BCUT2D eigenvalue weighted by atomic mass is 10.2. The number of para-hydroxylation sites is 2. The van der Waals surface area contributed by atoms with Crippen molar-refractivity contribution in [3.8, 4) is 5.75 Å². The van der Waals surface area contributed by atoms with Crippen molar-refractivity contribution in [1.82, 2.24) is 15.2 Å². The Morgan fingerprint density at radius 3 is 2.83 bits per heavy atom. The van der Waals surface area contributed by atoms with E-state index in [1.54, 1.807) is 29.5 Å². The molecule has 2 aromatic carbocycles. The fraction of sp³-hybridized carbons (Fsp3) is 0.318. The number of thiazole rings is 1. The molecular formula is C22H23N3O3S. The molecule has 1 fully saturated rings. The first-order valence-corrected chi connectivity index (χ1v) is 10.5. The van der Waals surface area contributed by atoms with Crippen LogP contribution >= 0.6 is 11.3 Å². The van der Waals surface area contributed by atoms with E-state index in [0.717, 1.165) is 34.6 Å². The van der Waals surface area contributed by atoms with E-state index in [4.69, 9.17) is 9.72 Å². The summed E-state index contributed by atoms with van der Waals surface area (Å²) in [7, 11) is 1.53. The molecule has 6 nitrogen and oxygen atoms in total. The average molecular weight is 410 g/mol. The van der Waals surface area contributed by atoms with Crippen molar-refractivity contribution in [2.24, 2.45) is 0 Å². The van der Waals surface area contributed by atoms with Crippen LogP contribution in [-0.2, 0) is 4.79 Å². The van der Waals surface area contributed by atoms with E-state index in [1.807, 2.05) is 29.2 Å². The predicted molar refractivity (Wildman–Crippen MR) is 113 cm³/mol. The first kappa shape index (κ1) is 19.4. The third-order valence-corrected chi connectivity index (χ3v) is 6.28. The third-order valence-electron chi connectivity index (χ3n) is 5.14. The Kier molecular flexibility index (Phi) is 5.76. The van der Waals surface area contributed by atoms with Crippen LogP contribution in [0.2, 0.25) is 0 Å². The topological polar surface area (TPSA) is 71.5 Å². The third kappa shape index (κ3) is 4.10. The summed E-state index contributed by atoms with van der Waals surface area (Å²) >= 11 is 1.66. The molecule has 7 heteroatoms. The maximum absolute atomic E-state index is 12.8. The summed E-state index contributed by atoms with van der Waals surface area (Å²) in [4.78, 5) is 31.8. The SMILES string of the molecule is COc1ccccc1C(=O)NCCC(=O)N1CCC[C@H]1c1nc2ccccc2s1. The standard InChI is InChI=1S/C22H23N3O3S/c1-28-18-10-4-2-7-15(18)21(27)23-13-12-20(26)25-14-6-9-17(25)22-24-16-8-3-5-11-19(16)29-22/h2-5,7-8,10-11,17H,6,9,12-14H2,1H3,(H,23,27)/t17-/m0/s1. The number of rotatable bonds is 6. The molecule has 3 aromatic rings. The highest BCUT2D eigenvalue weighted by Crippen LogP contribution is 2.36. The maximum Gasteiger partial charge on any atom is 0.255 e. The number of nitrogens with zero attached hydrogens (tertiary/aromatic N) is 2. The van der Waals surface area contributed by atoms with E-state index in [-0.39, 0.29) is 24.3 Å². The van der Waals surface area contributed by atoms with Gasteiger partial charge in [0.1, 0.15) is 10.8 Å². The molecule has 29 heavy (non-hydrogen) atoms. The monoisotopic (exact) mass is 409 g/mol. The van der Waals surface area contributed by atoms with Crippen LogP contribution in [0.1, 0.15) is 40.7 Å². The molecule has 0 unspecified atom stereocenters. The molecule has 2 amide bonds. The molecule has 1 aromatic heterocycles. The van der Waals surface area contributed by atoms with Crippen LogP contribution in [0.3, 0.4) is 0 Å². The number of amides is 2. The van der Waals surface area contributed by atoms with Gasteiger partial charge in [-0.2, -0.15) is 0 Å². The van der Waals surface area contributed by atoms with Gasteiger partial charge in [-0.1, -0.05) is 24.3 Å². The first-order chi connectivity index (χ1) is 14.2. The van der Waals surface area contributed by atoms with Crippen LogP contribution in [0.15, 0.2) is 48.5 Å². The highest BCUT2D eigenvalue weighted by atomic mass is 32.1. The van der Waals surface area contributed by atoms with Crippen LogP contribution in [-0.4, -0.2) is 41.9 Å². The van der Waals surface area contributed by atoms with E-state index in [2.05, 4.69) is 11.4 Å². The number of benzene rings is 2. The number of aromatic nitrogens is 1. The van der Waals surface area contributed by atoms with Crippen LogP contribution < -0.4 is 10.1 Å². The van der Waals surface area contributed by atoms with Gasteiger partial charge in [-0.25, -0.2) is 4.98 Å². The molecule has 150 valence electrons. The second-order valence-electron chi connectivity index (χ2n) is 6.97. The van der Waals surface area contributed by atoms with Gasteiger partial charge < -0.3 is 15.0 Å². The van der Waals surface area contributed by atoms with Crippen molar-refractivity contribution in [3.63, 3.8) is 0 Å². The van der Waals surface area contributed by atoms with Gasteiger partial charge in [0.15, 0.2) is 0 Å². The van der Waals surface area contributed by atoms with Gasteiger partial charge in [0.25, 0.3) is 5.91 Å². The summed E-state index contributed by atoms with van der Waals surface area (Å²) in [5.74, 6) is 0.332. The molecule has 1 aliphatic rings. The normalized spacial score (nSPS) is 16.2. The zero-order valence-electron chi connectivity index (χ0n) is 16.3. The molecule has 2 heterocycles. The minimum atomic E-state index is -0.237. The summed E-state index contributed by atoms with van der Waals surface area (Å²) in [6.07, 6.45) is 2.17. The second kappa shape index (κ2) is 8.61. The lowest BCUT2D eigenvalue weighted by Gasteiger charge is -2.23. The van der Waals surface area contributed by atoms with Crippen LogP contribution in [0, 0.1) is 0 Å². The molecule has 0 aliphatic carbocycles. The number of nitrogens with one attached hydrogen (secondary N) is 1. The fourth-order valence-corrected chi connectivity index (χ4v) is 4.82. The van der Waals surface area contributed by atoms with Crippen molar-refractivity contribution >= 4 is 33.4 Å². The Morgan fingerprint density at radius 1 is 1.21 bits per heavy atom. The summed E-state index contributed by atoms with van der Waals surface area (Å²) in [6, 6.07) is 15.1. The smallest absolute Gasteiger partial charge is 0.255 e. The zero-order valence-corrected chi connectivity index (χ0v) is 17.1. The van der Waals surface area contributed by atoms with Gasteiger partial charge in [-0.05, 0) is 37.1 Å². The van der Waals surface area contributed by atoms with Gasteiger partial charge in [-0.15, -0.1) is 11.3 Å². The maximum atomic E-state index is 12.8. The van der Waals surface area contributed by atoms with Crippen molar-refractivity contribution in [1.29, 1.82) is 0 Å². The number of carbonyl (C=O) groups excluding carboxylic acids is 2. The number of hydrogen-bond acceptors (Lipinski definition) is 5. The number of hydrogen-bond donors (Lipinski definition) is 1. The summed E-state index contributed by atoms with van der Waals surface area (Å²) < 4.78 is 6.37. The van der Waals surface area contributed by atoms with Gasteiger partial charge >= 0.3 is 0 Å². The average Bonchev–Trinajstić information content (AvgIpc) is 3.40.